The number of likely N-dealkylation sites (tertiary alicyclic amines) is 1. The predicted molar refractivity (Wildman–Crippen MR) is 102 cm³/mol. The SMILES string of the molecule is O=C(O)Cc1cc(C2CCN(C(=O)c3cnc(-c4ccccc4)[nH]3)CC2)n[nH]1. The zero-order valence-corrected chi connectivity index (χ0v) is 15.3. The normalized spacial score (nSPS) is 14.9. The summed E-state index contributed by atoms with van der Waals surface area (Å²) in [5.74, 6) is -0.0300. The Morgan fingerprint density at radius 2 is 1.93 bits per heavy atom. The molecule has 8 nitrogen and oxygen atoms in total. The van der Waals surface area contributed by atoms with Crippen LogP contribution in [0.4, 0.5) is 0 Å². The molecule has 3 heterocycles. The van der Waals surface area contributed by atoms with E-state index in [-0.39, 0.29) is 18.2 Å². The van der Waals surface area contributed by atoms with Gasteiger partial charge in [0.2, 0.25) is 0 Å². The molecule has 4 rings (SSSR count). The molecule has 1 fully saturated rings. The molecule has 8 heteroatoms. The van der Waals surface area contributed by atoms with Gasteiger partial charge in [-0.05, 0) is 18.9 Å². The largest absolute Gasteiger partial charge is 0.481 e. The number of carboxylic acid groups (broad SMARTS) is 1. The number of aromatic amines is 2. The minimum Gasteiger partial charge on any atom is -0.481 e. The van der Waals surface area contributed by atoms with Crippen LogP contribution in [0.3, 0.4) is 0 Å². The number of H-pyrrole nitrogens is 2. The summed E-state index contributed by atoms with van der Waals surface area (Å²) in [4.78, 5) is 32.8. The lowest BCUT2D eigenvalue weighted by Crippen LogP contribution is -2.38. The van der Waals surface area contributed by atoms with E-state index < -0.39 is 5.97 Å². The molecular formula is C20H21N5O3. The lowest BCUT2D eigenvalue weighted by atomic mass is 9.93. The van der Waals surface area contributed by atoms with E-state index >= 15 is 0 Å². The summed E-state index contributed by atoms with van der Waals surface area (Å²) in [6.45, 7) is 1.26. The fourth-order valence-corrected chi connectivity index (χ4v) is 3.56. The van der Waals surface area contributed by atoms with Gasteiger partial charge in [0.15, 0.2) is 0 Å². The number of nitrogens with zero attached hydrogens (tertiary/aromatic N) is 3. The monoisotopic (exact) mass is 379 g/mol. The van der Waals surface area contributed by atoms with Crippen molar-refractivity contribution in [1.82, 2.24) is 25.1 Å². The maximum absolute atomic E-state index is 12.8. The maximum atomic E-state index is 12.8. The van der Waals surface area contributed by atoms with Crippen molar-refractivity contribution in [3.8, 4) is 11.4 Å². The summed E-state index contributed by atoms with van der Waals surface area (Å²) in [6, 6.07) is 11.5. The molecule has 0 bridgehead atoms. The molecule has 0 radical (unpaired) electrons. The molecule has 1 aliphatic rings. The highest BCUT2D eigenvalue weighted by atomic mass is 16.4. The molecule has 28 heavy (non-hydrogen) atoms. The molecule has 1 amide bonds. The third-order valence-electron chi connectivity index (χ3n) is 5.05. The number of carbonyl (C=O) groups excluding carboxylic acids is 1. The summed E-state index contributed by atoms with van der Waals surface area (Å²) < 4.78 is 0. The molecule has 2 aromatic heterocycles. The van der Waals surface area contributed by atoms with E-state index in [9.17, 15) is 9.59 Å². The van der Waals surface area contributed by atoms with Gasteiger partial charge in [-0.15, -0.1) is 0 Å². The molecule has 0 unspecified atom stereocenters. The molecule has 0 aliphatic carbocycles. The number of carboxylic acids is 1. The first-order valence-electron chi connectivity index (χ1n) is 9.26. The van der Waals surface area contributed by atoms with Gasteiger partial charge in [-0.2, -0.15) is 5.10 Å². The Bertz CT molecular complexity index is 971. The number of aromatic nitrogens is 4. The topological polar surface area (TPSA) is 115 Å². The lowest BCUT2D eigenvalue weighted by Gasteiger charge is -2.30. The Morgan fingerprint density at radius 3 is 2.64 bits per heavy atom. The Balaban J connectivity index is 1.37. The van der Waals surface area contributed by atoms with Gasteiger partial charge in [-0.25, -0.2) is 4.98 Å². The number of benzene rings is 1. The number of aliphatic carboxylic acids is 1. The van der Waals surface area contributed by atoms with Crippen LogP contribution in [0.5, 0.6) is 0 Å². The van der Waals surface area contributed by atoms with Crippen LogP contribution in [0, 0.1) is 0 Å². The number of nitrogens with one attached hydrogen (secondary N) is 2. The summed E-state index contributed by atoms with van der Waals surface area (Å²) in [7, 11) is 0. The third kappa shape index (κ3) is 3.80. The van der Waals surface area contributed by atoms with E-state index in [2.05, 4.69) is 20.2 Å². The van der Waals surface area contributed by atoms with Crippen molar-refractivity contribution in [1.29, 1.82) is 0 Å². The Morgan fingerprint density at radius 1 is 1.18 bits per heavy atom. The highest BCUT2D eigenvalue weighted by molar-refractivity contribution is 5.92. The minimum absolute atomic E-state index is 0.0540. The van der Waals surface area contributed by atoms with E-state index in [1.807, 2.05) is 41.3 Å². The van der Waals surface area contributed by atoms with Crippen LogP contribution in [-0.4, -0.2) is 55.1 Å². The molecule has 3 N–H and O–H groups in total. The van der Waals surface area contributed by atoms with Crippen molar-refractivity contribution in [2.45, 2.75) is 25.2 Å². The summed E-state index contributed by atoms with van der Waals surface area (Å²) in [6.07, 6.45) is 3.11. The second-order valence-corrected chi connectivity index (χ2v) is 6.97. The fourth-order valence-electron chi connectivity index (χ4n) is 3.56. The van der Waals surface area contributed by atoms with Gasteiger partial charge >= 0.3 is 5.97 Å². The number of piperidine rings is 1. The average molecular weight is 379 g/mol. The Kier molecular flexibility index (Phi) is 4.92. The van der Waals surface area contributed by atoms with Gasteiger partial charge in [0.05, 0.1) is 18.3 Å². The second-order valence-electron chi connectivity index (χ2n) is 6.97. The van der Waals surface area contributed by atoms with Crippen LogP contribution in [0.15, 0.2) is 42.6 Å². The first kappa shape index (κ1) is 18.0. The van der Waals surface area contributed by atoms with Crippen LogP contribution in [0.1, 0.15) is 40.6 Å². The average Bonchev–Trinajstić information content (AvgIpc) is 3.38. The van der Waals surface area contributed by atoms with Gasteiger partial charge in [-0.1, -0.05) is 30.3 Å². The van der Waals surface area contributed by atoms with Gasteiger partial charge in [0.1, 0.15) is 11.5 Å². The fraction of sp³-hybridized carbons (Fsp3) is 0.300. The first-order valence-corrected chi connectivity index (χ1v) is 9.26. The number of rotatable bonds is 5. The summed E-state index contributed by atoms with van der Waals surface area (Å²) in [5, 5.41) is 15.9. The first-order chi connectivity index (χ1) is 13.6. The van der Waals surface area contributed by atoms with Crippen molar-refractivity contribution in [3.63, 3.8) is 0 Å². The van der Waals surface area contributed by atoms with Gasteiger partial charge in [0, 0.05) is 30.3 Å². The van der Waals surface area contributed by atoms with Crippen molar-refractivity contribution in [2.24, 2.45) is 0 Å². The third-order valence-corrected chi connectivity index (χ3v) is 5.05. The molecule has 1 aromatic carbocycles. The van der Waals surface area contributed by atoms with E-state index in [4.69, 9.17) is 5.11 Å². The molecule has 1 saturated heterocycles. The van der Waals surface area contributed by atoms with E-state index in [0.717, 1.165) is 24.1 Å². The van der Waals surface area contributed by atoms with Crippen LogP contribution in [0.2, 0.25) is 0 Å². The number of carbonyl (C=O) groups is 2. The van der Waals surface area contributed by atoms with E-state index in [1.165, 1.54) is 0 Å². The predicted octanol–water partition coefficient (Wildman–Crippen LogP) is 2.45. The van der Waals surface area contributed by atoms with Crippen molar-refractivity contribution >= 4 is 11.9 Å². The standard InChI is InChI=1S/C20H21N5O3/c26-18(27)11-15-10-16(24-23-15)13-6-8-25(9-7-13)20(28)17-12-21-19(22-17)14-4-2-1-3-5-14/h1-5,10,12-13H,6-9,11H2,(H,21,22)(H,23,24)(H,26,27). The quantitative estimate of drug-likeness (QED) is 0.630. The molecular weight excluding hydrogens is 358 g/mol. The smallest absolute Gasteiger partial charge is 0.309 e. The summed E-state index contributed by atoms with van der Waals surface area (Å²) >= 11 is 0. The number of amides is 1. The molecule has 3 aromatic rings. The Hall–Kier alpha value is -3.42. The number of hydrogen-bond donors (Lipinski definition) is 3. The molecule has 144 valence electrons. The van der Waals surface area contributed by atoms with E-state index in [0.29, 0.717) is 30.3 Å². The Labute approximate surface area is 161 Å². The van der Waals surface area contributed by atoms with Crippen LogP contribution >= 0.6 is 0 Å². The van der Waals surface area contributed by atoms with E-state index in [1.54, 1.807) is 6.20 Å². The lowest BCUT2D eigenvalue weighted by molar-refractivity contribution is -0.136. The molecule has 0 atom stereocenters. The second kappa shape index (κ2) is 7.67. The van der Waals surface area contributed by atoms with Gasteiger partial charge < -0.3 is 15.0 Å². The van der Waals surface area contributed by atoms with Crippen molar-refractivity contribution < 1.29 is 14.7 Å². The number of imidazole rings is 1. The van der Waals surface area contributed by atoms with Gasteiger partial charge in [-0.3, -0.25) is 14.7 Å². The highest BCUT2D eigenvalue weighted by Crippen LogP contribution is 2.28. The molecule has 1 aliphatic heterocycles. The zero-order valence-electron chi connectivity index (χ0n) is 15.3. The minimum atomic E-state index is -0.884. The zero-order chi connectivity index (χ0) is 19.5. The van der Waals surface area contributed by atoms with Crippen molar-refractivity contribution in [3.05, 3.63) is 59.7 Å². The molecule has 0 spiro atoms. The van der Waals surface area contributed by atoms with Crippen LogP contribution in [0.25, 0.3) is 11.4 Å². The van der Waals surface area contributed by atoms with Crippen molar-refractivity contribution in [2.75, 3.05) is 13.1 Å². The van der Waals surface area contributed by atoms with Gasteiger partial charge in [0.25, 0.3) is 5.91 Å². The summed E-state index contributed by atoms with van der Waals surface area (Å²) in [5.41, 5.74) is 2.90. The van der Waals surface area contributed by atoms with Crippen LogP contribution in [-0.2, 0) is 11.2 Å². The highest BCUT2D eigenvalue weighted by Gasteiger charge is 2.27. The maximum Gasteiger partial charge on any atom is 0.309 e. The van der Waals surface area contributed by atoms with Crippen LogP contribution < -0.4 is 0 Å². The molecule has 0 saturated carbocycles. The number of hydrogen-bond acceptors (Lipinski definition) is 4.